The van der Waals surface area contributed by atoms with Crippen LogP contribution in [0.3, 0.4) is 0 Å². The second-order valence-corrected chi connectivity index (χ2v) is 3.94. The van der Waals surface area contributed by atoms with Crippen molar-refractivity contribution in [1.82, 2.24) is 5.32 Å². The van der Waals surface area contributed by atoms with Gasteiger partial charge in [0.2, 0.25) is 0 Å². The van der Waals surface area contributed by atoms with Crippen molar-refractivity contribution in [2.24, 2.45) is 5.92 Å². The predicted molar refractivity (Wildman–Crippen MR) is 46.0 cm³/mol. The molecule has 0 aromatic carbocycles. The smallest absolute Gasteiger partial charge is 0.311 e. The topological polar surface area (TPSA) is 12.0 Å². The molecule has 2 fully saturated rings. The van der Waals surface area contributed by atoms with E-state index in [-0.39, 0.29) is 24.4 Å². The maximum atomic E-state index is 12.3. The van der Waals surface area contributed by atoms with Crippen LogP contribution in [0.15, 0.2) is 0 Å². The first-order valence-electron chi connectivity index (χ1n) is 4.34. The third-order valence-corrected chi connectivity index (χ3v) is 2.95. The molecule has 5 heteroatoms. The van der Waals surface area contributed by atoms with Crippen molar-refractivity contribution < 1.29 is 13.2 Å². The summed E-state index contributed by atoms with van der Waals surface area (Å²) < 4.78 is 36.9. The number of hydrogen-bond acceptors (Lipinski definition) is 1. The molecule has 0 aromatic rings. The lowest BCUT2D eigenvalue weighted by atomic mass is 9.90. The van der Waals surface area contributed by atoms with Gasteiger partial charge in [0, 0.05) is 5.54 Å². The zero-order chi connectivity index (χ0) is 8.82. The second kappa shape index (κ2) is 3.31. The number of piperidine rings is 1. The van der Waals surface area contributed by atoms with Crippen LogP contribution in [-0.2, 0) is 0 Å². The van der Waals surface area contributed by atoms with Crippen LogP contribution in [0, 0.1) is 5.92 Å². The minimum Gasteiger partial charge on any atom is -0.311 e. The van der Waals surface area contributed by atoms with E-state index in [9.17, 15) is 13.2 Å². The van der Waals surface area contributed by atoms with Crippen molar-refractivity contribution >= 4 is 12.4 Å². The van der Waals surface area contributed by atoms with Gasteiger partial charge in [0.15, 0.2) is 0 Å². The Labute approximate surface area is 81.5 Å². The molecule has 0 radical (unpaired) electrons. The predicted octanol–water partition coefficient (Wildman–Crippen LogP) is 2.50. The molecule has 0 aromatic heterocycles. The minimum absolute atomic E-state index is 0. The van der Waals surface area contributed by atoms with Crippen molar-refractivity contribution in [3.05, 3.63) is 0 Å². The molecule has 1 heterocycles. The van der Waals surface area contributed by atoms with Gasteiger partial charge in [-0.25, -0.2) is 0 Å². The van der Waals surface area contributed by atoms with E-state index in [1.54, 1.807) is 0 Å². The zero-order valence-electron chi connectivity index (χ0n) is 7.16. The van der Waals surface area contributed by atoms with Gasteiger partial charge in [0.1, 0.15) is 0 Å². The SMILES string of the molecule is Cl.FC(F)(F)C1CCNC2(CC2)C1. The Morgan fingerprint density at radius 2 is 1.85 bits per heavy atom. The lowest BCUT2D eigenvalue weighted by Crippen LogP contribution is -2.44. The van der Waals surface area contributed by atoms with Gasteiger partial charge in [-0.1, -0.05) is 0 Å². The molecule has 0 amide bonds. The van der Waals surface area contributed by atoms with E-state index >= 15 is 0 Å². The fourth-order valence-corrected chi connectivity index (χ4v) is 1.97. The number of halogens is 4. The Morgan fingerprint density at radius 3 is 2.31 bits per heavy atom. The molecular formula is C8H13ClF3N. The summed E-state index contributed by atoms with van der Waals surface area (Å²) in [5, 5.41) is 3.17. The molecule has 2 rings (SSSR count). The second-order valence-electron chi connectivity index (χ2n) is 3.94. The normalized spacial score (nSPS) is 31.2. The summed E-state index contributed by atoms with van der Waals surface area (Å²) in [4.78, 5) is 0. The van der Waals surface area contributed by atoms with Crippen LogP contribution in [0.1, 0.15) is 25.7 Å². The van der Waals surface area contributed by atoms with Crippen LogP contribution in [0.2, 0.25) is 0 Å². The third-order valence-electron chi connectivity index (χ3n) is 2.95. The van der Waals surface area contributed by atoms with Crippen LogP contribution >= 0.6 is 12.4 Å². The summed E-state index contributed by atoms with van der Waals surface area (Å²) >= 11 is 0. The summed E-state index contributed by atoms with van der Waals surface area (Å²) in [6.45, 7) is 0.532. The first kappa shape index (κ1) is 11.1. The van der Waals surface area contributed by atoms with E-state index in [4.69, 9.17) is 0 Å². The fourth-order valence-electron chi connectivity index (χ4n) is 1.97. The van der Waals surface area contributed by atoms with E-state index in [1.165, 1.54) is 0 Å². The summed E-state index contributed by atoms with van der Waals surface area (Å²) in [6, 6.07) is 0. The maximum absolute atomic E-state index is 12.3. The number of nitrogens with one attached hydrogen (secondary N) is 1. The third kappa shape index (κ3) is 2.29. The molecule has 1 N–H and O–H groups in total. The fraction of sp³-hybridized carbons (Fsp3) is 1.00. The first-order valence-corrected chi connectivity index (χ1v) is 4.34. The highest BCUT2D eigenvalue weighted by Gasteiger charge is 2.52. The Morgan fingerprint density at radius 1 is 1.23 bits per heavy atom. The highest BCUT2D eigenvalue weighted by atomic mass is 35.5. The largest absolute Gasteiger partial charge is 0.391 e. The number of hydrogen-bond donors (Lipinski definition) is 1. The van der Waals surface area contributed by atoms with Crippen LogP contribution in [0.4, 0.5) is 13.2 Å². The average Bonchev–Trinajstić information content (AvgIpc) is 2.68. The molecule has 78 valence electrons. The first-order chi connectivity index (χ1) is 5.52. The zero-order valence-corrected chi connectivity index (χ0v) is 7.97. The van der Waals surface area contributed by atoms with Gasteiger partial charge >= 0.3 is 6.18 Å². The van der Waals surface area contributed by atoms with Gasteiger partial charge in [-0.15, -0.1) is 12.4 Å². The average molecular weight is 216 g/mol. The monoisotopic (exact) mass is 215 g/mol. The van der Waals surface area contributed by atoms with Crippen LogP contribution in [0.5, 0.6) is 0 Å². The Kier molecular flexibility index (Phi) is 2.83. The van der Waals surface area contributed by atoms with Gasteiger partial charge in [-0.3, -0.25) is 0 Å². The quantitative estimate of drug-likeness (QED) is 0.655. The van der Waals surface area contributed by atoms with Gasteiger partial charge in [-0.2, -0.15) is 13.2 Å². The summed E-state index contributed by atoms with van der Waals surface area (Å²) in [6.07, 6.45) is -1.56. The highest BCUT2D eigenvalue weighted by Crippen LogP contribution is 2.47. The lowest BCUT2D eigenvalue weighted by Gasteiger charge is -2.31. The van der Waals surface area contributed by atoms with E-state index < -0.39 is 12.1 Å². The molecule has 1 aliphatic carbocycles. The summed E-state index contributed by atoms with van der Waals surface area (Å²) in [5.41, 5.74) is -0.113. The van der Waals surface area contributed by atoms with Crippen LogP contribution < -0.4 is 5.32 Å². The van der Waals surface area contributed by atoms with E-state index in [2.05, 4.69) is 5.32 Å². The standard InChI is InChI=1S/C8H12F3N.ClH/c9-8(10,11)6-1-4-12-7(5-6)2-3-7;/h6,12H,1-5H2;1H. The van der Waals surface area contributed by atoms with Crippen LogP contribution in [-0.4, -0.2) is 18.3 Å². The van der Waals surface area contributed by atoms with E-state index in [0.717, 1.165) is 12.8 Å². The number of rotatable bonds is 0. The van der Waals surface area contributed by atoms with Gasteiger partial charge in [-0.05, 0) is 32.2 Å². The minimum atomic E-state index is -3.97. The number of alkyl halides is 3. The molecule has 1 nitrogen and oxygen atoms in total. The van der Waals surface area contributed by atoms with Crippen molar-refractivity contribution in [3.63, 3.8) is 0 Å². The van der Waals surface area contributed by atoms with Crippen molar-refractivity contribution in [3.8, 4) is 0 Å². The summed E-state index contributed by atoms with van der Waals surface area (Å²) in [5.74, 6) is -1.05. The van der Waals surface area contributed by atoms with Gasteiger partial charge < -0.3 is 5.32 Å². The highest BCUT2D eigenvalue weighted by molar-refractivity contribution is 5.85. The van der Waals surface area contributed by atoms with Crippen molar-refractivity contribution in [2.75, 3.05) is 6.54 Å². The molecule has 1 atom stereocenters. The Bertz CT molecular complexity index is 188. The van der Waals surface area contributed by atoms with Gasteiger partial charge in [0.05, 0.1) is 5.92 Å². The molecule has 1 aliphatic heterocycles. The molecule has 13 heavy (non-hydrogen) atoms. The molecule has 1 saturated heterocycles. The van der Waals surface area contributed by atoms with Crippen LogP contribution in [0.25, 0.3) is 0 Å². The lowest BCUT2D eigenvalue weighted by molar-refractivity contribution is -0.184. The molecule has 2 aliphatic rings. The maximum Gasteiger partial charge on any atom is 0.391 e. The van der Waals surface area contributed by atoms with E-state index in [1.807, 2.05) is 0 Å². The summed E-state index contributed by atoms with van der Waals surface area (Å²) in [7, 11) is 0. The Hall–Kier alpha value is 0.0400. The molecular weight excluding hydrogens is 203 g/mol. The molecule has 0 bridgehead atoms. The Balaban J connectivity index is 0.000000845. The molecule has 1 saturated carbocycles. The van der Waals surface area contributed by atoms with Crippen molar-refractivity contribution in [2.45, 2.75) is 37.4 Å². The van der Waals surface area contributed by atoms with Gasteiger partial charge in [0.25, 0.3) is 0 Å². The van der Waals surface area contributed by atoms with Crippen molar-refractivity contribution in [1.29, 1.82) is 0 Å². The molecule has 1 unspecified atom stereocenters. The molecule has 1 spiro atoms. The van der Waals surface area contributed by atoms with E-state index in [0.29, 0.717) is 13.0 Å².